The van der Waals surface area contributed by atoms with Crippen molar-refractivity contribution in [3.63, 3.8) is 0 Å². The fourth-order valence-corrected chi connectivity index (χ4v) is 3.04. The summed E-state index contributed by atoms with van der Waals surface area (Å²) >= 11 is 0. The van der Waals surface area contributed by atoms with Crippen molar-refractivity contribution in [2.45, 2.75) is 19.5 Å². The lowest BCUT2D eigenvalue weighted by molar-refractivity contribution is -0.124. The molecule has 0 aliphatic carbocycles. The third kappa shape index (κ3) is 4.43. The molecule has 0 radical (unpaired) electrons. The number of aryl methyl sites for hydroxylation is 1. The maximum absolute atomic E-state index is 12.7. The van der Waals surface area contributed by atoms with E-state index in [1.807, 2.05) is 37.3 Å². The largest absolute Gasteiger partial charge is 0.350 e. The van der Waals surface area contributed by atoms with Crippen molar-refractivity contribution in [3.05, 3.63) is 71.3 Å². The third-order valence-corrected chi connectivity index (χ3v) is 5.22. The van der Waals surface area contributed by atoms with Crippen LogP contribution in [-0.2, 0) is 21.4 Å². The van der Waals surface area contributed by atoms with E-state index in [4.69, 9.17) is 0 Å². The van der Waals surface area contributed by atoms with Gasteiger partial charge in [-0.2, -0.15) is 4.31 Å². The van der Waals surface area contributed by atoms with Crippen molar-refractivity contribution in [2.24, 2.45) is 0 Å². The quantitative estimate of drug-likeness (QED) is 0.872. The monoisotopic (exact) mass is 346 g/mol. The number of rotatable bonds is 6. The van der Waals surface area contributed by atoms with Crippen LogP contribution in [0.25, 0.3) is 0 Å². The smallest absolute Gasteiger partial charge is 0.243 e. The summed E-state index contributed by atoms with van der Waals surface area (Å²) in [6.07, 6.45) is 1.09. The molecule has 0 bridgehead atoms. The van der Waals surface area contributed by atoms with Crippen LogP contribution in [0.4, 0.5) is 0 Å². The number of carbonyl (C=O) groups is 1. The second-order valence-electron chi connectivity index (χ2n) is 5.74. The highest BCUT2D eigenvalue weighted by Crippen LogP contribution is 2.22. The first-order valence-electron chi connectivity index (χ1n) is 7.61. The van der Waals surface area contributed by atoms with Gasteiger partial charge in [0.05, 0.1) is 6.26 Å². The van der Waals surface area contributed by atoms with Crippen LogP contribution in [0.1, 0.15) is 22.7 Å². The Kier molecular flexibility index (Phi) is 5.75. The van der Waals surface area contributed by atoms with Crippen molar-refractivity contribution in [1.82, 2.24) is 9.62 Å². The molecule has 0 saturated heterocycles. The number of benzene rings is 2. The van der Waals surface area contributed by atoms with Crippen LogP contribution in [-0.4, -0.2) is 31.9 Å². The second-order valence-corrected chi connectivity index (χ2v) is 7.78. The predicted molar refractivity (Wildman–Crippen MR) is 94.8 cm³/mol. The minimum Gasteiger partial charge on any atom is -0.350 e. The van der Waals surface area contributed by atoms with E-state index in [2.05, 4.69) is 5.32 Å². The zero-order valence-electron chi connectivity index (χ0n) is 14.1. The van der Waals surface area contributed by atoms with Gasteiger partial charge in [-0.25, -0.2) is 8.42 Å². The lowest BCUT2D eigenvalue weighted by Crippen LogP contribution is -2.41. The Balaban J connectivity index is 2.24. The van der Waals surface area contributed by atoms with Crippen LogP contribution < -0.4 is 5.32 Å². The average molecular weight is 346 g/mol. The van der Waals surface area contributed by atoms with Crippen molar-refractivity contribution in [3.8, 4) is 0 Å². The van der Waals surface area contributed by atoms with Crippen LogP contribution in [0.3, 0.4) is 0 Å². The number of hydrogen-bond donors (Lipinski definition) is 1. The lowest BCUT2D eigenvalue weighted by atomic mass is 10.1. The van der Waals surface area contributed by atoms with Gasteiger partial charge >= 0.3 is 0 Å². The molecule has 2 aromatic carbocycles. The number of amides is 1. The van der Waals surface area contributed by atoms with E-state index in [0.29, 0.717) is 12.1 Å². The Morgan fingerprint density at radius 1 is 1.08 bits per heavy atom. The fraction of sp³-hybridized carbons (Fsp3) is 0.278. The molecule has 1 atom stereocenters. The van der Waals surface area contributed by atoms with Gasteiger partial charge < -0.3 is 5.32 Å². The van der Waals surface area contributed by atoms with E-state index in [9.17, 15) is 13.2 Å². The standard InChI is InChI=1S/C18H22N2O3S/c1-14-9-7-8-12-16(14)13-19-18(21)17(20(2)24(3,22)23)15-10-5-4-6-11-15/h4-12,17H,13H2,1-3H3,(H,19,21)/t17-/m0/s1. The zero-order valence-corrected chi connectivity index (χ0v) is 14.9. The summed E-state index contributed by atoms with van der Waals surface area (Å²) in [5, 5.41) is 2.85. The van der Waals surface area contributed by atoms with Crippen LogP contribution in [0.2, 0.25) is 0 Å². The zero-order chi connectivity index (χ0) is 17.7. The molecule has 6 heteroatoms. The number of nitrogens with zero attached hydrogens (tertiary/aromatic N) is 1. The highest BCUT2D eigenvalue weighted by Gasteiger charge is 2.30. The van der Waals surface area contributed by atoms with Gasteiger partial charge in [-0.15, -0.1) is 0 Å². The summed E-state index contributed by atoms with van der Waals surface area (Å²) in [6.45, 7) is 2.32. The molecule has 0 aliphatic heterocycles. The summed E-state index contributed by atoms with van der Waals surface area (Å²) in [6, 6.07) is 15.7. The van der Waals surface area contributed by atoms with Gasteiger partial charge in [-0.05, 0) is 23.6 Å². The Morgan fingerprint density at radius 2 is 1.67 bits per heavy atom. The van der Waals surface area contributed by atoms with Gasteiger partial charge in [0.25, 0.3) is 0 Å². The number of hydrogen-bond acceptors (Lipinski definition) is 3. The first-order valence-corrected chi connectivity index (χ1v) is 9.45. The van der Waals surface area contributed by atoms with Gasteiger partial charge in [0, 0.05) is 13.6 Å². The van der Waals surface area contributed by atoms with Crippen LogP contribution in [0, 0.1) is 6.92 Å². The molecule has 2 rings (SSSR count). The summed E-state index contributed by atoms with van der Waals surface area (Å²) in [5.74, 6) is -0.350. The number of likely N-dealkylation sites (N-methyl/N-ethyl adjacent to an activating group) is 1. The molecule has 0 spiro atoms. The Hall–Kier alpha value is -2.18. The van der Waals surface area contributed by atoms with Gasteiger partial charge in [0.2, 0.25) is 15.9 Å². The molecule has 0 aliphatic rings. The molecule has 2 aromatic rings. The highest BCUT2D eigenvalue weighted by atomic mass is 32.2. The van der Waals surface area contributed by atoms with Crippen molar-refractivity contribution < 1.29 is 13.2 Å². The van der Waals surface area contributed by atoms with Gasteiger partial charge in [0.15, 0.2) is 0 Å². The van der Waals surface area contributed by atoms with Gasteiger partial charge in [-0.1, -0.05) is 54.6 Å². The number of nitrogens with one attached hydrogen (secondary N) is 1. The number of sulfonamides is 1. The molecule has 0 aromatic heterocycles. The van der Waals surface area contributed by atoms with E-state index < -0.39 is 16.1 Å². The van der Waals surface area contributed by atoms with Gasteiger partial charge in [0.1, 0.15) is 6.04 Å². The lowest BCUT2D eigenvalue weighted by Gasteiger charge is -2.25. The molecular formula is C18H22N2O3S. The van der Waals surface area contributed by atoms with Gasteiger partial charge in [-0.3, -0.25) is 4.79 Å². The molecule has 24 heavy (non-hydrogen) atoms. The third-order valence-electron chi connectivity index (χ3n) is 3.96. The van der Waals surface area contributed by atoms with Crippen molar-refractivity contribution >= 4 is 15.9 Å². The normalized spacial score (nSPS) is 12.8. The Bertz CT molecular complexity index is 804. The summed E-state index contributed by atoms with van der Waals surface area (Å²) < 4.78 is 24.9. The van der Waals surface area contributed by atoms with E-state index in [0.717, 1.165) is 21.7 Å². The minimum atomic E-state index is -3.51. The van der Waals surface area contributed by atoms with E-state index in [1.165, 1.54) is 7.05 Å². The van der Waals surface area contributed by atoms with Crippen LogP contribution >= 0.6 is 0 Å². The van der Waals surface area contributed by atoms with Crippen molar-refractivity contribution in [1.29, 1.82) is 0 Å². The van der Waals surface area contributed by atoms with E-state index in [1.54, 1.807) is 24.3 Å². The maximum Gasteiger partial charge on any atom is 0.243 e. The SMILES string of the molecule is Cc1ccccc1CNC(=O)[C@H](c1ccccc1)N(C)S(C)(=O)=O. The Morgan fingerprint density at radius 3 is 2.25 bits per heavy atom. The van der Waals surface area contributed by atoms with Crippen LogP contribution in [0.15, 0.2) is 54.6 Å². The topological polar surface area (TPSA) is 66.5 Å². The molecule has 0 heterocycles. The molecule has 5 nitrogen and oxygen atoms in total. The molecule has 0 saturated carbocycles. The summed E-state index contributed by atoms with van der Waals surface area (Å²) in [7, 11) is -2.10. The van der Waals surface area contributed by atoms with E-state index in [-0.39, 0.29) is 5.91 Å². The fourth-order valence-electron chi connectivity index (χ4n) is 2.44. The molecular weight excluding hydrogens is 324 g/mol. The molecule has 1 N–H and O–H groups in total. The maximum atomic E-state index is 12.7. The predicted octanol–water partition coefficient (Wildman–Crippen LogP) is 2.24. The molecule has 128 valence electrons. The van der Waals surface area contributed by atoms with Crippen molar-refractivity contribution in [2.75, 3.05) is 13.3 Å². The summed E-state index contributed by atoms with van der Waals surface area (Å²) in [5.41, 5.74) is 2.71. The first-order chi connectivity index (χ1) is 11.3. The highest BCUT2D eigenvalue weighted by molar-refractivity contribution is 7.88. The minimum absolute atomic E-state index is 0.350. The average Bonchev–Trinajstić information content (AvgIpc) is 2.54. The van der Waals surface area contributed by atoms with E-state index >= 15 is 0 Å². The molecule has 0 unspecified atom stereocenters. The summed E-state index contributed by atoms with van der Waals surface area (Å²) in [4.78, 5) is 12.7. The van der Waals surface area contributed by atoms with Crippen LogP contribution in [0.5, 0.6) is 0 Å². The molecule has 1 amide bonds. The first kappa shape index (κ1) is 18.2. The second kappa shape index (κ2) is 7.59. The Labute approximate surface area is 143 Å². The molecule has 0 fully saturated rings. The number of carbonyl (C=O) groups excluding carboxylic acids is 1.